The summed E-state index contributed by atoms with van der Waals surface area (Å²) in [4.78, 5) is 0. The molecule has 0 spiro atoms. The van der Waals surface area contributed by atoms with Gasteiger partial charge >= 0.3 is 0 Å². The van der Waals surface area contributed by atoms with Crippen molar-refractivity contribution in [3.05, 3.63) is 194 Å². The van der Waals surface area contributed by atoms with E-state index in [0.29, 0.717) is 0 Å². The summed E-state index contributed by atoms with van der Waals surface area (Å²) in [6, 6.07) is 13.5. The second-order valence-electron chi connectivity index (χ2n) is 11.5. The molecule has 0 radical (unpaired) electrons. The molecule has 0 bridgehead atoms. The summed E-state index contributed by atoms with van der Waals surface area (Å²) in [6.07, 6.45) is 0. The number of para-hydroxylation sites is 2. The van der Waals surface area contributed by atoms with E-state index in [9.17, 15) is 8.22 Å². The summed E-state index contributed by atoms with van der Waals surface area (Å²) in [6.45, 7) is 0. The molecule has 0 fully saturated rings. The lowest BCUT2D eigenvalue weighted by molar-refractivity contribution is 1.18. The van der Waals surface area contributed by atoms with Crippen LogP contribution in [-0.2, 0) is 0 Å². The van der Waals surface area contributed by atoms with Crippen LogP contribution in [0.15, 0.2) is 194 Å². The number of aromatic nitrogens is 2. The first-order valence-electron chi connectivity index (χ1n) is 24.7. The van der Waals surface area contributed by atoms with Crippen LogP contribution in [0.5, 0.6) is 0 Å². The summed E-state index contributed by atoms with van der Waals surface area (Å²) < 4.78 is 167. The Labute approximate surface area is 316 Å². The summed E-state index contributed by atoms with van der Waals surface area (Å²) >= 11 is 0. The van der Waals surface area contributed by atoms with E-state index in [1.54, 1.807) is 36.4 Å². The van der Waals surface area contributed by atoms with Crippen molar-refractivity contribution in [3.8, 4) is 44.8 Å². The summed E-state index contributed by atoms with van der Waals surface area (Å²) in [7, 11) is 0. The van der Waals surface area contributed by atoms with E-state index in [1.807, 2.05) is 0 Å². The number of hydrogen-bond donors (Lipinski definition) is 0. The molecule has 2 nitrogen and oxygen atoms in total. The molecule has 234 valence electrons. The van der Waals surface area contributed by atoms with Gasteiger partial charge in [0.15, 0.2) is 0 Å². The van der Waals surface area contributed by atoms with Crippen molar-refractivity contribution in [3.63, 3.8) is 0 Å². The minimum absolute atomic E-state index is 0.00524. The highest BCUT2D eigenvalue weighted by Crippen LogP contribution is 2.39. The van der Waals surface area contributed by atoms with Crippen LogP contribution in [0.2, 0.25) is 0 Å². The zero-order valence-corrected chi connectivity index (χ0v) is 26.0. The lowest BCUT2D eigenvalue weighted by atomic mass is 10.0. The lowest BCUT2D eigenvalue weighted by Crippen LogP contribution is -1.94. The number of rotatable bonds is 5. The van der Waals surface area contributed by atoms with Gasteiger partial charge in [-0.25, -0.2) is 0 Å². The molecule has 2 aromatic heterocycles. The van der Waals surface area contributed by atoms with Crippen molar-refractivity contribution in [1.29, 1.82) is 0 Å². The highest BCUT2D eigenvalue weighted by molar-refractivity contribution is 6.12. The van der Waals surface area contributed by atoms with E-state index < -0.39 is 48.3 Å². The fraction of sp³-hybridized carbons (Fsp3) is 0. The number of nitrogens with zero attached hydrogens (tertiary/aromatic N) is 2. The Kier molecular flexibility index (Phi) is 3.62. The molecule has 0 unspecified atom stereocenters. The molecule has 0 aliphatic rings. The molecule has 10 aromatic rings. The van der Waals surface area contributed by atoms with Crippen molar-refractivity contribution in [2.24, 2.45) is 0 Å². The summed E-state index contributed by atoms with van der Waals surface area (Å²) in [5.41, 5.74) is -0.838. The van der Waals surface area contributed by atoms with Gasteiger partial charge in [-0.1, -0.05) is 133 Å². The fourth-order valence-electron chi connectivity index (χ4n) is 6.33. The fourth-order valence-corrected chi connectivity index (χ4v) is 6.33. The SMILES string of the molecule is [2H]c1ccccc1-c1c([2H])cc([2H])c(-n2c3c([2H])cc([2H])c([2H])c3c3c([2H])c(-c4cc([2H])c5c(c4[2H])c4c([2H])c([2H])cc([2H])c4n5-c4c([2H])cc([2H])c(-c5ccccc5[2H])c4[2H])cc([2H])c32)c1[2H]. The summed E-state index contributed by atoms with van der Waals surface area (Å²) in [5.74, 6) is 0. The molecular formula is C48H32N2. The normalized spacial score (nSPS) is 16.6. The highest BCUT2D eigenvalue weighted by atomic mass is 15.0. The Morgan fingerprint density at radius 1 is 0.300 bits per heavy atom. The quantitative estimate of drug-likeness (QED) is 0.175. The van der Waals surface area contributed by atoms with Gasteiger partial charge in [0.25, 0.3) is 0 Å². The van der Waals surface area contributed by atoms with Gasteiger partial charge in [-0.2, -0.15) is 0 Å². The molecule has 0 saturated carbocycles. The molecule has 0 amide bonds. The molecule has 2 heteroatoms. The molecule has 0 aliphatic carbocycles. The van der Waals surface area contributed by atoms with Gasteiger partial charge in [-0.15, -0.1) is 0 Å². The van der Waals surface area contributed by atoms with Crippen molar-refractivity contribution in [2.75, 3.05) is 0 Å². The van der Waals surface area contributed by atoms with E-state index in [-0.39, 0.29) is 149 Å². The van der Waals surface area contributed by atoms with Crippen LogP contribution in [0.1, 0.15) is 24.7 Å². The van der Waals surface area contributed by atoms with E-state index in [0.717, 1.165) is 12.1 Å². The molecule has 0 atom stereocenters. The number of benzene rings is 8. The maximum Gasteiger partial charge on any atom is 0.0651 e. The van der Waals surface area contributed by atoms with Crippen molar-refractivity contribution in [2.45, 2.75) is 0 Å². The topological polar surface area (TPSA) is 9.86 Å². The Balaban J connectivity index is 1.33. The van der Waals surface area contributed by atoms with Crippen LogP contribution in [0, 0.1) is 0 Å². The maximum absolute atomic E-state index is 9.82. The highest BCUT2D eigenvalue weighted by Gasteiger charge is 2.16. The third-order valence-corrected chi connectivity index (χ3v) is 8.56. The van der Waals surface area contributed by atoms with Crippen molar-refractivity contribution < 1.29 is 24.7 Å². The third-order valence-electron chi connectivity index (χ3n) is 8.56. The maximum atomic E-state index is 9.82. The van der Waals surface area contributed by atoms with E-state index in [1.165, 1.54) is 45.5 Å². The van der Waals surface area contributed by atoms with Crippen LogP contribution in [-0.4, -0.2) is 9.13 Å². The number of hydrogen-bond acceptors (Lipinski definition) is 0. The molecule has 0 saturated heterocycles. The van der Waals surface area contributed by atoms with E-state index in [2.05, 4.69) is 0 Å². The van der Waals surface area contributed by atoms with Crippen LogP contribution in [0.25, 0.3) is 88.4 Å². The molecule has 0 aliphatic heterocycles. The van der Waals surface area contributed by atoms with Gasteiger partial charge in [0, 0.05) is 32.9 Å². The predicted octanol–water partition coefficient (Wildman–Crippen LogP) is 12.9. The van der Waals surface area contributed by atoms with Gasteiger partial charge in [0.1, 0.15) is 0 Å². The first-order chi connectivity index (χ1) is 32.3. The molecular weight excluding hydrogens is 605 g/mol. The molecule has 2 heterocycles. The van der Waals surface area contributed by atoms with Gasteiger partial charge in [0.05, 0.1) is 46.7 Å². The Morgan fingerprint density at radius 2 is 0.760 bits per heavy atom. The minimum atomic E-state index is -0.448. The Morgan fingerprint density at radius 3 is 1.24 bits per heavy atom. The van der Waals surface area contributed by atoms with Crippen LogP contribution < -0.4 is 0 Å². The van der Waals surface area contributed by atoms with E-state index >= 15 is 0 Å². The van der Waals surface area contributed by atoms with Crippen LogP contribution >= 0.6 is 0 Å². The Bertz CT molecular complexity index is 3660. The van der Waals surface area contributed by atoms with Gasteiger partial charge < -0.3 is 9.13 Å². The average molecular weight is 655 g/mol. The molecule has 50 heavy (non-hydrogen) atoms. The van der Waals surface area contributed by atoms with Crippen molar-refractivity contribution in [1.82, 2.24) is 9.13 Å². The number of fused-ring (bicyclic) bond motifs is 6. The van der Waals surface area contributed by atoms with E-state index in [4.69, 9.17) is 16.4 Å². The molecule has 0 N–H and O–H groups in total. The zero-order valence-electron chi connectivity index (χ0n) is 44.0. The standard InChI is InChI=1S/C48H32N2/c1-3-13-33(14-4-1)35-17-11-19-39(29-35)49-45-23-9-7-21-41(45)43-31-37(25-27-47(43)49)38-26-28-48-44(32-38)42-22-8-10-24-46(42)50(48)40-20-12-18-36(30-40)34-15-5-2-6-16-34/h1-32H/i7D,8D,13D,15D,17D,18D,19D,20D,21D,22D,23D,24D,27D,28D,29D,30D,31D,32D. The smallest absolute Gasteiger partial charge is 0.0651 e. The first-order valence-corrected chi connectivity index (χ1v) is 15.7. The summed E-state index contributed by atoms with van der Waals surface area (Å²) in [5, 5.41) is -0.606. The van der Waals surface area contributed by atoms with Crippen LogP contribution in [0.4, 0.5) is 0 Å². The minimum Gasteiger partial charge on any atom is -0.309 e. The van der Waals surface area contributed by atoms with Crippen LogP contribution in [0.3, 0.4) is 0 Å². The largest absolute Gasteiger partial charge is 0.309 e. The lowest BCUT2D eigenvalue weighted by Gasteiger charge is -2.11. The van der Waals surface area contributed by atoms with Gasteiger partial charge in [-0.3, -0.25) is 0 Å². The van der Waals surface area contributed by atoms with Gasteiger partial charge in [-0.05, 0) is 93.8 Å². The zero-order chi connectivity index (χ0) is 48.7. The van der Waals surface area contributed by atoms with Crippen molar-refractivity contribution >= 4 is 43.6 Å². The monoisotopic (exact) mass is 654 g/mol. The molecule has 8 aromatic carbocycles. The predicted molar refractivity (Wildman–Crippen MR) is 211 cm³/mol. The average Bonchev–Trinajstić information content (AvgIpc) is 3.82. The molecule has 10 rings (SSSR count). The first kappa shape index (κ1) is 15.7. The Hall–Kier alpha value is -6.64. The second kappa shape index (κ2) is 11.5. The van der Waals surface area contributed by atoms with Gasteiger partial charge in [0.2, 0.25) is 0 Å². The third kappa shape index (κ3) is 4.57. The second-order valence-corrected chi connectivity index (χ2v) is 11.5.